The monoisotopic (exact) mass is 165 g/mol. The Bertz CT molecular complexity index is 256. The predicted octanol–water partition coefficient (Wildman–Crippen LogP) is 2.28. The van der Waals surface area contributed by atoms with Gasteiger partial charge in [0.15, 0.2) is 0 Å². The lowest BCUT2D eigenvalue weighted by molar-refractivity contribution is 0.330. The Morgan fingerprint density at radius 2 is 2.25 bits per heavy atom. The fourth-order valence-electron chi connectivity index (χ4n) is 1.06. The summed E-state index contributed by atoms with van der Waals surface area (Å²) >= 11 is 0. The summed E-state index contributed by atoms with van der Waals surface area (Å²) in [5.74, 6) is 0.727. The van der Waals surface area contributed by atoms with Crippen molar-refractivity contribution in [3.05, 3.63) is 35.9 Å². The predicted molar refractivity (Wildman–Crippen MR) is 47.7 cm³/mol. The van der Waals surface area contributed by atoms with Crippen molar-refractivity contribution in [1.29, 1.82) is 0 Å². The Labute approximate surface area is 72.8 Å². The van der Waals surface area contributed by atoms with Crippen LogP contribution in [0.1, 0.15) is 18.1 Å². The minimum absolute atomic E-state index is 0.615. The van der Waals surface area contributed by atoms with Gasteiger partial charge in [-0.05, 0) is 26.0 Å². The van der Waals surface area contributed by atoms with Crippen LogP contribution in [0, 0.1) is 13.5 Å². The van der Waals surface area contributed by atoms with Gasteiger partial charge in [-0.15, -0.1) is 0 Å². The summed E-state index contributed by atoms with van der Waals surface area (Å²) in [4.78, 5) is 0. The van der Waals surface area contributed by atoms with Gasteiger partial charge in [0, 0.05) is 5.56 Å². The van der Waals surface area contributed by atoms with Gasteiger partial charge in [-0.3, -0.25) is 0 Å². The first-order valence-corrected chi connectivity index (χ1v) is 3.98. The second kappa shape index (κ2) is 4.12. The molecule has 0 fully saturated rings. The van der Waals surface area contributed by atoms with Gasteiger partial charge in [-0.2, -0.15) is 0 Å². The van der Waals surface area contributed by atoms with Crippen LogP contribution in [0.3, 0.4) is 0 Å². The molecule has 1 radical (unpaired) electrons. The molecule has 2 nitrogen and oxygen atoms in total. The van der Waals surface area contributed by atoms with E-state index in [1.807, 2.05) is 32.0 Å². The molecule has 2 heteroatoms. The van der Waals surface area contributed by atoms with Gasteiger partial charge in [0.2, 0.25) is 0 Å². The summed E-state index contributed by atoms with van der Waals surface area (Å²) in [6.45, 7) is 5.58. The number of ether oxygens (including phenoxy) is 1. The fourth-order valence-corrected chi connectivity index (χ4v) is 1.06. The standard InChI is InChI=1S/C10H13O2/c1-3-12-10-5-4-8(2)6-9(10)7-11/h4-7,11H,3H2,1-2H3. The highest BCUT2D eigenvalue weighted by atomic mass is 16.5. The van der Waals surface area contributed by atoms with E-state index in [4.69, 9.17) is 9.84 Å². The summed E-state index contributed by atoms with van der Waals surface area (Å²) < 4.78 is 5.29. The number of benzene rings is 1. The van der Waals surface area contributed by atoms with Crippen LogP contribution in [-0.2, 0) is 0 Å². The molecule has 0 amide bonds. The number of hydrogen-bond acceptors (Lipinski definition) is 2. The smallest absolute Gasteiger partial charge is 0.125 e. The van der Waals surface area contributed by atoms with E-state index in [0.717, 1.165) is 23.5 Å². The van der Waals surface area contributed by atoms with Crippen molar-refractivity contribution < 1.29 is 9.84 Å². The van der Waals surface area contributed by atoms with E-state index in [2.05, 4.69) is 0 Å². The molecule has 1 rings (SSSR count). The van der Waals surface area contributed by atoms with Crippen LogP contribution in [0.5, 0.6) is 5.75 Å². The number of rotatable bonds is 3. The third-order valence-electron chi connectivity index (χ3n) is 1.60. The molecule has 0 bridgehead atoms. The first-order valence-electron chi connectivity index (χ1n) is 3.98. The molecule has 0 aliphatic carbocycles. The SMILES string of the molecule is CCOc1ccc(C)cc1[CH]O. The Kier molecular flexibility index (Phi) is 3.11. The maximum absolute atomic E-state index is 8.86. The molecule has 1 aromatic carbocycles. The minimum atomic E-state index is 0.615. The second-order valence-electron chi connectivity index (χ2n) is 2.60. The average molecular weight is 165 g/mol. The van der Waals surface area contributed by atoms with E-state index >= 15 is 0 Å². The molecule has 0 aliphatic heterocycles. The van der Waals surface area contributed by atoms with E-state index in [-0.39, 0.29) is 0 Å². The Balaban J connectivity index is 2.94. The molecule has 65 valence electrons. The van der Waals surface area contributed by atoms with Gasteiger partial charge >= 0.3 is 0 Å². The van der Waals surface area contributed by atoms with Gasteiger partial charge in [-0.25, -0.2) is 0 Å². The van der Waals surface area contributed by atoms with Gasteiger partial charge < -0.3 is 9.84 Å². The van der Waals surface area contributed by atoms with Crippen molar-refractivity contribution in [3.63, 3.8) is 0 Å². The van der Waals surface area contributed by atoms with Crippen molar-refractivity contribution in [2.24, 2.45) is 0 Å². The molecular formula is C10H13O2. The molecule has 12 heavy (non-hydrogen) atoms. The Morgan fingerprint density at radius 1 is 1.50 bits per heavy atom. The normalized spacial score (nSPS) is 9.92. The van der Waals surface area contributed by atoms with Crippen molar-refractivity contribution >= 4 is 0 Å². The highest BCUT2D eigenvalue weighted by Crippen LogP contribution is 2.20. The lowest BCUT2D eigenvalue weighted by Gasteiger charge is -2.07. The summed E-state index contributed by atoms with van der Waals surface area (Å²) in [6, 6.07) is 5.70. The van der Waals surface area contributed by atoms with Crippen LogP contribution in [0.2, 0.25) is 0 Å². The van der Waals surface area contributed by atoms with Crippen LogP contribution < -0.4 is 4.74 Å². The van der Waals surface area contributed by atoms with Crippen molar-refractivity contribution in [2.45, 2.75) is 13.8 Å². The zero-order chi connectivity index (χ0) is 8.97. The number of hydrogen-bond donors (Lipinski definition) is 1. The number of aryl methyl sites for hydroxylation is 1. The number of aliphatic hydroxyl groups excluding tert-OH is 1. The van der Waals surface area contributed by atoms with E-state index in [1.165, 1.54) is 0 Å². The fraction of sp³-hybridized carbons (Fsp3) is 0.300. The second-order valence-corrected chi connectivity index (χ2v) is 2.60. The maximum atomic E-state index is 8.86. The van der Waals surface area contributed by atoms with E-state index in [9.17, 15) is 0 Å². The van der Waals surface area contributed by atoms with Crippen molar-refractivity contribution in [1.82, 2.24) is 0 Å². The molecule has 0 saturated heterocycles. The van der Waals surface area contributed by atoms with Crippen molar-refractivity contribution in [3.8, 4) is 5.75 Å². The first-order chi connectivity index (χ1) is 5.77. The largest absolute Gasteiger partial charge is 0.493 e. The molecule has 0 spiro atoms. The Morgan fingerprint density at radius 3 is 2.83 bits per heavy atom. The van der Waals surface area contributed by atoms with Crippen molar-refractivity contribution in [2.75, 3.05) is 6.61 Å². The summed E-state index contributed by atoms with van der Waals surface area (Å²) in [5, 5.41) is 8.86. The molecule has 1 N–H and O–H groups in total. The number of aliphatic hydroxyl groups is 1. The molecule has 0 heterocycles. The van der Waals surface area contributed by atoms with Crippen LogP contribution in [0.15, 0.2) is 18.2 Å². The third-order valence-corrected chi connectivity index (χ3v) is 1.60. The molecule has 0 aliphatic rings. The average Bonchev–Trinajstić information content (AvgIpc) is 2.08. The Hall–Kier alpha value is -1.02. The summed E-state index contributed by atoms with van der Waals surface area (Å²) in [6.07, 6.45) is 0. The molecule has 1 aromatic rings. The zero-order valence-electron chi connectivity index (χ0n) is 7.37. The molecule has 0 aromatic heterocycles. The molecular weight excluding hydrogens is 152 g/mol. The van der Waals surface area contributed by atoms with E-state index in [0.29, 0.717) is 6.61 Å². The summed E-state index contributed by atoms with van der Waals surface area (Å²) in [5.41, 5.74) is 1.84. The molecule has 0 unspecified atom stereocenters. The van der Waals surface area contributed by atoms with Gasteiger partial charge in [0.05, 0.1) is 6.61 Å². The summed E-state index contributed by atoms with van der Waals surface area (Å²) in [7, 11) is 0. The minimum Gasteiger partial charge on any atom is -0.493 e. The molecule has 0 saturated carbocycles. The lowest BCUT2D eigenvalue weighted by Crippen LogP contribution is -1.95. The van der Waals surface area contributed by atoms with E-state index < -0.39 is 0 Å². The van der Waals surface area contributed by atoms with Gasteiger partial charge in [0.1, 0.15) is 12.4 Å². The van der Waals surface area contributed by atoms with Gasteiger partial charge in [0.25, 0.3) is 0 Å². The van der Waals surface area contributed by atoms with Crippen LogP contribution >= 0.6 is 0 Å². The first kappa shape index (κ1) is 9.07. The van der Waals surface area contributed by atoms with Crippen LogP contribution in [0.25, 0.3) is 0 Å². The highest BCUT2D eigenvalue weighted by molar-refractivity contribution is 5.39. The maximum Gasteiger partial charge on any atom is 0.125 e. The quantitative estimate of drug-likeness (QED) is 0.744. The lowest BCUT2D eigenvalue weighted by atomic mass is 10.1. The van der Waals surface area contributed by atoms with E-state index in [1.54, 1.807) is 0 Å². The van der Waals surface area contributed by atoms with Gasteiger partial charge in [-0.1, -0.05) is 11.6 Å². The molecule has 0 atom stereocenters. The van der Waals surface area contributed by atoms with Crippen LogP contribution in [0.4, 0.5) is 0 Å². The highest BCUT2D eigenvalue weighted by Gasteiger charge is 2.01. The zero-order valence-corrected chi connectivity index (χ0v) is 7.37. The topological polar surface area (TPSA) is 29.5 Å². The van der Waals surface area contributed by atoms with Crippen LogP contribution in [-0.4, -0.2) is 11.7 Å². The third kappa shape index (κ3) is 1.98.